The van der Waals surface area contributed by atoms with Crippen LogP contribution in [-0.4, -0.2) is 41.8 Å². The molecule has 0 saturated carbocycles. The molecule has 2 rings (SSSR count). The van der Waals surface area contributed by atoms with E-state index in [0.29, 0.717) is 29.3 Å². The number of ether oxygens (including phenoxy) is 2. The number of nitrogens with one attached hydrogen (secondary N) is 1. The Kier molecular flexibility index (Phi) is 6.68. The van der Waals surface area contributed by atoms with E-state index in [2.05, 4.69) is 5.32 Å². The molecule has 8 heteroatoms. The number of aryl methyl sites for hydroxylation is 1. The van der Waals surface area contributed by atoms with Gasteiger partial charge >= 0.3 is 0 Å². The maximum Gasteiger partial charge on any atom is 0.232 e. The van der Waals surface area contributed by atoms with Gasteiger partial charge in [0, 0.05) is 13.5 Å². The van der Waals surface area contributed by atoms with Gasteiger partial charge in [-0.3, -0.25) is 9.10 Å². The van der Waals surface area contributed by atoms with Crippen molar-refractivity contribution in [2.45, 2.75) is 12.8 Å². The summed E-state index contributed by atoms with van der Waals surface area (Å²) < 4.78 is 35.2. The third-order valence-electron chi connectivity index (χ3n) is 4.10. The molecule has 7 nitrogen and oxygen atoms in total. The summed E-state index contributed by atoms with van der Waals surface area (Å²) in [5, 5.41) is 2.78. The van der Waals surface area contributed by atoms with E-state index in [9.17, 15) is 13.2 Å². The van der Waals surface area contributed by atoms with Gasteiger partial charge in [0.15, 0.2) is 11.5 Å². The van der Waals surface area contributed by atoms with E-state index in [1.165, 1.54) is 7.05 Å². The highest BCUT2D eigenvalue weighted by atomic mass is 32.2. The van der Waals surface area contributed by atoms with Crippen LogP contribution >= 0.6 is 0 Å². The fourth-order valence-corrected chi connectivity index (χ4v) is 3.06. The van der Waals surface area contributed by atoms with Crippen LogP contribution in [0.1, 0.15) is 12.0 Å². The maximum atomic E-state index is 12.4. The van der Waals surface area contributed by atoms with Gasteiger partial charge in [0.1, 0.15) is 0 Å². The largest absolute Gasteiger partial charge is 0.493 e. The Balaban J connectivity index is 2.07. The van der Waals surface area contributed by atoms with Crippen molar-refractivity contribution in [1.82, 2.24) is 0 Å². The smallest absolute Gasteiger partial charge is 0.232 e. The van der Waals surface area contributed by atoms with Gasteiger partial charge in [-0.05, 0) is 36.2 Å². The Morgan fingerprint density at radius 1 is 1.07 bits per heavy atom. The second-order valence-electron chi connectivity index (χ2n) is 5.99. The molecular formula is C19H24N2O5S. The molecule has 0 aliphatic rings. The molecule has 0 aromatic heterocycles. The quantitative estimate of drug-likeness (QED) is 0.747. The van der Waals surface area contributed by atoms with E-state index in [4.69, 9.17) is 9.47 Å². The summed E-state index contributed by atoms with van der Waals surface area (Å²) in [6.07, 6.45) is 1.87. The molecule has 0 saturated heterocycles. The van der Waals surface area contributed by atoms with Crippen molar-refractivity contribution < 1.29 is 22.7 Å². The number of benzene rings is 2. The monoisotopic (exact) mass is 392 g/mol. The number of sulfonamides is 1. The van der Waals surface area contributed by atoms with Crippen molar-refractivity contribution in [3.8, 4) is 11.5 Å². The second-order valence-corrected chi connectivity index (χ2v) is 8.00. The lowest BCUT2D eigenvalue weighted by Gasteiger charge is -2.20. The lowest BCUT2D eigenvalue weighted by atomic mass is 10.1. The van der Waals surface area contributed by atoms with Gasteiger partial charge in [-0.2, -0.15) is 0 Å². The first kappa shape index (κ1) is 20.6. The molecule has 2 aromatic carbocycles. The molecule has 1 amide bonds. The first-order chi connectivity index (χ1) is 12.8. The van der Waals surface area contributed by atoms with Gasteiger partial charge in [0.2, 0.25) is 15.9 Å². The molecule has 146 valence electrons. The molecule has 0 aliphatic heterocycles. The van der Waals surface area contributed by atoms with E-state index < -0.39 is 10.0 Å². The number of carbonyl (C=O) groups is 1. The Labute approximate surface area is 160 Å². The van der Waals surface area contributed by atoms with Crippen LogP contribution in [0.3, 0.4) is 0 Å². The van der Waals surface area contributed by atoms with Gasteiger partial charge < -0.3 is 14.8 Å². The highest BCUT2D eigenvalue weighted by Crippen LogP contribution is 2.29. The Hall–Kier alpha value is -2.74. The molecule has 27 heavy (non-hydrogen) atoms. The fourth-order valence-electron chi connectivity index (χ4n) is 2.54. The fraction of sp³-hybridized carbons (Fsp3) is 0.316. The summed E-state index contributed by atoms with van der Waals surface area (Å²) in [6, 6.07) is 12.3. The number of para-hydroxylation sites is 2. The van der Waals surface area contributed by atoms with Crippen molar-refractivity contribution >= 4 is 27.3 Å². The third-order valence-corrected chi connectivity index (χ3v) is 5.30. The first-order valence-electron chi connectivity index (χ1n) is 8.30. The third kappa shape index (κ3) is 5.37. The van der Waals surface area contributed by atoms with Crippen molar-refractivity contribution in [1.29, 1.82) is 0 Å². The van der Waals surface area contributed by atoms with Crippen molar-refractivity contribution in [2.24, 2.45) is 0 Å². The Bertz CT molecular complexity index is 912. The van der Waals surface area contributed by atoms with Gasteiger partial charge in [-0.15, -0.1) is 0 Å². The van der Waals surface area contributed by atoms with E-state index in [0.717, 1.165) is 16.1 Å². The number of anilines is 2. The topological polar surface area (TPSA) is 84.9 Å². The average molecular weight is 392 g/mol. The van der Waals surface area contributed by atoms with Crippen LogP contribution in [0.15, 0.2) is 42.5 Å². The molecule has 0 radical (unpaired) electrons. The molecular weight excluding hydrogens is 368 g/mol. The van der Waals surface area contributed by atoms with Gasteiger partial charge in [0.05, 0.1) is 31.9 Å². The molecule has 0 spiro atoms. The van der Waals surface area contributed by atoms with E-state index in [-0.39, 0.29) is 12.3 Å². The first-order valence-corrected chi connectivity index (χ1v) is 10.1. The highest BCUT2D eigenvalue weighted by molar-refractivity contribution is 7.92. The summed E-state index contributed by atoms with van der Waals surface area (Å²) in [5.41, 5.74) is 1.80. The number of amides is 1. The molecule has 0 heterocycles. The van der Waals surface area contributed by atoms with Crippen molar-refractivity contribution in [2.75, 3.05) is 37.1 Å². The summed E-state index contributed by atoms with van der Waals surface area (Å²) in [7, 11) is 1.15. The Morgan fingerprint density at radius 2 is 1.74 bits per heavy atom. The molecule has 0 aliphatic carbocycles. The SMILES string of the molecule is COc1ccc(CCC(=O)Nc2ccccc2N(C)S(C)(=O)=O)cc1OC. The van der Waals surface area contributed by atoms with Crippen LogP contribution in [-0.2, 0) is 21.2 Å². The molecule has 0 unspecified atom stereocenters. The zero-order valence-electron chi connectivity index (χ0n) is 15.9. The van der Waals surface area contributed by atoms with Crippen LogP contribution in [0.25, 0.3) is 0 Å². The molecule has 0 bridgehead atoms. The standard InChI is InChI=1S/C19H24N2O5S/c1-21(27(4,23)24)16-8-6-5-7-15(16)20-19(22)12-10-14-9-11-17(25-2)18(13-14)26-3/h5-9,11,13H,10,12H2,1-4H3,(H,20,22). The molecule has 1 N–H and O–H groups in total. The average Bonchev–Trinajstić information content (AvgIpc) is 2.65. The molecule has 2 aromatic rings. The van der Waals surface area contributed by atoms with Gasteiger partial charge in [-0.1, -0.05) is 18.2 Å². The van der Waals surface area contributed by atoms with Crippen molar-refractivity contribution in [3.05, 3.63) is 48.0 Å². The number of methoxy groups -OCH3 is 2. The van der Waals surface area contributed by atoms with E-state index in [1.54, 1.807) is 44.6 Å². The minimum absolute atomic E-state index is 0.209. The number of carbonyl (C=O) groups excluding carboxylic acids is 1. The zero-order chi connectivity index (χ0) is 20.0. The number of nitrogens with zero attached hydrogens (tertiary/aromatic N) is 1. The van der Waals surface area contributed by atoms with Crippen LogP contribution in [0, 0.1) is 0 Å². The predicted octanol–water partition coefficient (Wildman–Crippen LogP) is 2.67. The normalized spacial score (nSPS) is 11.0. The van der Waals surface area contributed by atoms with Crippen LogP contribution in [0.4, 0.5) is 11.4 Å². The number of hydrogen-bond acceptors (Lipinski definition) is 5. The van der Waals surface area contributed by atoms with Gasteiger partial charge in [-0.25, -0.2) is 8.42 Å². The minimum atomic E-state index is -3.43. The maximum absolute atomic E-state index is 12.4. The van der Waals surface area contributed by atoms with Crippen LogP contribution < -0.4 is 19.1 Å². The molecule has 0 atom stereocenters. The number of hydrogen-bond donors (Lipinski definition) is 1. The zero-order valence-corrected chi connectivity index (χ0v) is 16.7. The Morgan fingerprint density at radius 3 is 2.37 bits per heavy atom. The van der Waals surface area contributed by atoms with Gasteiger partial charge in [0.25, 0.3) is 0 Å². The predicted molar refractivity (Wildman–Crippen MR) is 106 cm³/mol. The highest BCUT2D eigenvalue weighted by Gasteiger charge is 2.16. The summed E-state index contributed by atoms with van der Waals surface area (Å²) in [4.78, 5) is 12.4. The summed E-state index contributed by atoms with van der Waals surface area (Å²) in [5.74, 6) is 1.03. The lowest BCUT2D eigenvalue weighted by molar-refractivity contribution is -0.116. The van der Waals surface area contributed by atoms with E-state index >= 15 is 0 Å². The van der Waals surface area contributed by atoms with E-state index in [1.807, 2.05) is 12.1 Å². The second kappa shape index (κ2) is 8.77. The van der Waals surface area contributed by atoms with Crippen LogP contribution in [0.5, 0.6) is 11.5 Å². The lowest BCUT2D eigenvalue weighted by Crippen LogP contribution is -2.26. The number of rotatable bonds is 8. The molecule has 0 fully saturated rings. The van der Waals surface area contributed by atoms with Crippen LogP contribution in [0.2, 0.25) is 0 Å². The summed E-state index contributed by atoms with van der Waals surface area (Å²) in [6.45, 7) is 0. The minimum Gasteiger partial charge on any atom is -0.493 e. The van der Waals surface area contributed by atoms with Crippen molar-refractivity contribution in [3.63, 3.8) is 0 Å². The summed E-state index contributed by atoms with van der Waals surface area (Å²) >= 11 is 0.